The Morgan fingerprint density at radius 1 is 1.35 bits per heavy atom. The Morgan fingerprint density at radius 3 is 2.77 bits per heavy atom. The Balaban J connectivity index is 1.73. The summed E-state index contributed by atoms with van der Waals surface area (Å²) in [4.78, 5) is 39.7. The third-order valence-corrected chi connectivity index (χ3v) is 4.94. The molecule has 138 valence electrons. The number of phenolic OH excluding ortho intramolecular Hbond substituents is 1. The Bertz CT molecular complexity index is 773. The zero-order valence-corrected chi connectivity index (χ0v) is 15.0. The average Bonchev–Trinajstić information content (AvgIpc) is 2.91. The molecule has 3 rings (SSSR count). The Morgan fingerprint density at radius 2 is 2.08 bits per heavy atom. The quantitative estimate of drug-likeness (QED) is 0.789. The third-order valence-electron chi connectivity index (χ3n) is 4.03. The smallest absolute Gasteiger partial charge is 0.294 e. The Kier molecular flexibility index (Phi) is 5.48. The number of methoxy groups -OCH3 is 1. The molecule has 0 atom stereocenters. The molecule has 1 aromatic rings. The van der Waals surface area contributed by atoms with Gasteiger partial charge in [0.1, 0.15) is 6.54 Å². The van der Waals surface area contributed by atoms with Gasteiger partial charge in [-0.1, -0.05) is 6.07 Å². The van der Waals surface area contributed by atoms with Crippen molar-refractivity contribution < 1.29 is 29.0 Å². The van der Waals surface area contributed by atoms with Crippen LogP contribution in [0.2, 0.25) is 0 Å². The van der Waals surface area contributed by atoms with E-state index in [1.54, 1.807) is 17.0 Å². The van der Waals surface area contributed by atoms with E-state index in [1.165, 1.54) is 19.3 Å². The van der Waals surface area contributed by atoms with Crippen LogP contribution in [0.3, 0.4) is 0 Å². The molecule has 0 bridgehead atoms. The van der Waals surface area contributed by atoms with Gasteiger partial charge < -0.3 is 19.5 Å². The molecule has 2 saturated heterocycles. The number of carbonyl (C=O) groups excluding carboxylic acids is 3. The zero-order valence-electron chi connectivity index (χ0n) is 14.1. The lowest BCUT2D eigenvalue weighted by Gasteiger charge is -2.28. The van der Waals surface area contributed by atoms with E-state index in [2.05, 4.69) is 0 Å². The van der Waals surface area contributed by atoms with Crippen molar-refractivity contribution >= 4 is 34.9 Å². The van der Waals surface area contributed by atoms with Crippen LogP contribution in [0.1, 0.15) is 5.56 Å². The van der Waals surface area contributed by atoms with Crippen molar-refractivity contribution in [2.45, 2.75) is 0 Å². The highest BCUT2D eigenvalue weighted by molar-refractivity contribution is 8.18. The molecule has 9 heteroatoms. The number of benzene rings is 1. The molecule has 3 amide bonds. The van der Waals surface area contributed by atoms with Crippen LogP contribution in [0.15, 0.2) is 23.1 Å². The molecule has 2 aliphatic heterocycles. The van der Waals surface area contributed by atoms with Gasteiger partial charge in [0.15, 0.2) is 11.5 Å². The van der Waals surface area contributed by atoms with Crippen LogP contribution in [0.4, 0.5) is 4.79 Å². The molecule has 0 aliphatic carbocycles. The minimum absolute atomic E-state index is 0.0196. The molecule has 1 aromatic carbocycles. The third kappa shape index (κ3) is 3.83. The number of amides is 3. The maximum absolute atomic E-state index is 12.5. The molecule has 0 spiro atoms. The van der Waals surface area contributed by atoms with Crippen LogP contribution in [-0.2, 0) is 14.3 Å². The van der Waals surface area contributed by atoms with E-state index < -0.39 is 11.1 Å². The van der Waals surface area contributed by atoms with E-state index in [1.807, 2.05) is 0 Å². The topological polar surface area (TPSA) is 96.4 Å². The van der Waals surface area contributed by atoms with Gasteiger partial charge in [-0.2, -0.15) is 0 Å². The van der Waals surface area contributed by atoms with Gasteiger partial charge in [-0.05, 0) is 35.5 Å². The maximum Gasteiger partial charge on any atom is 0.294 e. The Labute approximate surface area is 154 Å². The van der Waals surface area contributed by atoms with Crippen LogP contribution < -0.4 is 4.74 Å². The summed E-state index contributed by atoms with van der Waals surface area (Å²) in [7, 11) is 1.42. The largest absolute Gasteiger partial charge is 0.504 e. The lowest BCUT2D eigenvalue weighted by molar-refractivity contribution is -0.139. The highest BCUT2D eigenvalue weighted by atomic mass is 32.2. The van der Waals surface area contributed by atoms with Crippen molar-refractivity contribution in [1.29, 1.82) is 0 Å². The highest BCUT2D eigenvalue weighted by Crippen LogP contribution is 2.34. The number of morpholine rings is 1. The second-order valence-electron chi connectivity index (χ2n) is 5.69. The van der Waals surface area contributed by atoms with Gasteiger partial charge >= 0.3 is 0 Å². The molecule has 2 fully saturated rings. The number of hydrogen-bond acceptors (Lipinski definition) is 7. The first-order chi connectivity index (χ1) is 12.5. The number of carbonyl (C=O) groups is 3. The fraction of sp³-hybridized carbons (Fsp3) is 0.353. The molecule has 2 aliphatic rings. The first-order valence-electron chi connectivity index (χ1n) is 7.97. The standard InChI is InChI=1S/C17H18N2O6S/c1-24-13-8-11(2-3-12(13)20)9-14-16(22)19(17(23)26-14)10-15(21)18-4-6-25-7-5-18/h2-3,8-9,20H,4-7,10H2,1H3/b14-9+. The van der Waals surface area contributed by atoms with Gasteiger partial charge in [0, 0.05) is 13.1 Å². The number of hydrogen-bond donors (Lipinski definition) is 1. The van der Waals surface area contributed by atoms with Crippen LogP contribution >= 0.6 is 11.8 Å². The molecule has 2 heterocycles. The summed E-state index contributed by atoms with van der Waals surface area (Å²) in [5, 5.41) is 9.15. The average molecular weight is 378 g/mol. The van der Waals surface area contributed by atoms with Crippen LogP contribution in [0.5, 0.6) is 11.5 Å². The normalized spacial score (nSPS) is 19.3. The van der Waals surface area contributed by atoms with E-state index in [0.717, 1.165) is 16.7 Å². The van der Waals surface area contributed by atoms with Gasteiger partial charge in [0.05, 0.1) is 25.2 Å². The maximum atomic E-state index is 12.5. The summed E-state index contributed by atoms with van der Waals surface area (Å²) >= 11 is 0.783. The molecular formula is C17H18N2O6S. The predicted octanol–water partition coefficient (Wildman–Crippen LogP) is 1.30. The molecule has 26 heavy (non-hydrogen) atoms. The molecule has 8 nitrogen and oxygen atoms in total. The fourth-order valence-electron chi connectivity index (χ4n) is 2.62. The highest BCUT2D eigenvalue weighted by Gasteiger charge is 2.37. The Hall–Kier alpha value is -2.52. The number of rotatable bonds is 4. The summed E-state index contributed by atoms with van der Waals surface area (Å²) in [5.41, 5.74) is 0.602. The van der Waals surface area contributed by atoms with Crippen molar-refractivity contribution in [2.24, 2.45) is 0 Å². The number of ether oxygens (including phenoxy) is 2. The lowest BCUT2D eigenvalue weighted by Crippen LogP contribution is -2.46. The number of phenols is 1. The molecule has 0 saturated carbocycles. The van der Waals surface area contributed by atoms with E-state index in [-0.39, 0.29) is 28.9 Å². The first-order valence-corrected chi connectivity index (χ1v) is 8.79. The minimum atomic E-state index is -0.506. The van der Waals surface area contributed by atoms with Crippen LogP contribution in [0.25, 0.3) is 6.08 Å². The van der Waals surface area contributed by atoms with Crippen LogP contribution in [0, 0.1) is 0 Å². The molecular weight excluding hydrogens is 360 g/mol. The van der Waals surface area contributed by atoms with Crippen molar-refractivity contribution in [2.75, 3.05) is 40.0 Å². The van der Waals surface area contributed by atoms with E-state index in [9.17, 15) is 19.5 Å². The summed E-state index contributed by atoms with van der Waals surface area (Å²) in [6, 6.07) is 4.60. The zero-order chi connectivity index (χ0) is 18.7. The van der Waals surface area contributed by atoms with Gasteiger partial charge in [-0.25, -0.2) is 0 Å². The number of aromatic hydroxyl groups is 1. The van der Waals surface area contributed by atoms with Gasteiger partial charge in [-0.15, -0.1) is 0 Å². The van der Waals surface area contributed by atoms with Crippen molar-refractivity contribution in [3.05, 3.63) is 28.7 Å². The number of nitrogens with zero attached hydrogens (tertiary/aromatic N) is 2. The van der Waals surface area contributed by atoms with E-state index >= 15 is 0 Å². The molecule has 0 unspecified atom stereocenters. The molecule has 1 N–H and O–H groups in total. The van der Waals surface area contributed by atoms with Crippen molar-refractivity contribution in [1.82, 2.24) is 9.80 Å². The summed E-state index contributed by atoms with van der Waals surface area (Å²) < 4.78 is 10.2. The summed E-state index contributed by atoms with van der Waals surface area (Å²) in [5.74, 6) is -0.536. The number of imide groups is 1. The summed E-state index contributed by atoms with van der Waals surface area (Å²) in [6.45, 7) is 1.55. The van der Waals surface area contributed by atoms with E-state index in [0.29, 0.717) is 31.9 Å². The second kappa shape index (κ2) is 7.79. The lowest BCUT2D eigenvalue weighted by atomic mass is 10.2. The van der Waals surface area contributed by atoms with Gasteiger partial charge in [-0.3, -0.25) is 19.3 Å². The number of thioether (sulfide) groups is 1. The SMILES string of the molecule is COc1cc(/C=C2/SC(=O)N(CC(=O)N3CCOCC3)C2=O)ccc1O. The van der Waals surface area contributed by atoms with Crippen molar-refractivity contribution in [3.8, 4) is 11.5 Å². The fourth-order valence-corrected chi connectivity index (χ4v) is 3.46. The van der Waals surface area contributed by atoms with Crippen LogP contribution in [-0.4, -0.2) is 71.9 Å². The van der Waals surface area contributed by atoms with E-state index in [4.69, 9.17) is 9.47 Å². The first kappa shape index (κ1) is 18.3. The predicted molar refractivity (Wildman–Crippen MR) is 94.7 cm³/mol. The minimum Gasteiger partial charge on any atom is -0.504 e. The van der Waals surface area contributed by atoms with Gasteiger partial charge in [0.25, 0.3) is 11.1 Å². The molecule has 0 aromatic heterocycles. The molecule has 0 radical (unpaired) electrons. The second-order valence-corrected chi connectivity index (χ2v) is 6.69. The van der Waals surface area contributed by atoms with Crippen molar-refractivity contribution in [3.63, 3.8) is 0 Å². The monoisotopic (exact) mass is 378 g/mol. The van der Waals surface area contributed by atoms with Gasteiger partial charge in [0.2, 0.25) is 5.91 Å². The summed E-state index contributed by atoms with van der Waals surface area (Å²) in [6.07, 6.45) is 1.53.